The second-order valence-corrected chi connectivity index (χ2v) is 3.49. The normalized spacial score (nSPS) is 10.6. The van der Waals surface area contributed by atoms with E-state index in [1.807, 2.05) is 31.2 Å². The second kappa shape index (κ2) is 4.26. The number of rotatable bonds is 4. The predicted octanol–water partition coefficient (Wildman–Crippen LogP) is 2.12. The van der Waals surface area contributed by atoms with Gasteiger partial charge in [-0.15, -0.1) is 0 Å². The molecule has 0 fully saturated rings. The van der Waals surface area contributed by atoms with Gasteiger partial charge in [0, 0.05) is 12.3 Å². The molecular formula is C12H13NO3. The zero-order valence-corrected chi connectivity index (χ0v) is 9.01. The van der Waals surface area contributed by atoms with Gasteiger partial charge in [0.25, 0.3) is 0 Å². The molecule has 0 unspecified atom stereocenters. The van der Waals surface area contributed by atoms with Crippen molar-refractivity contribution in [1.29, 1.82) is 0 Å². The average molecular weight is 219 g/mol. The lowest BCUT2D eigenvalue weighted by molar-refractivity contribution is -0.137. The molecule has 0 saturated heterocycles. The van der Waals surface area contributed by atoms with Gasteiger partial charge in [-0.25, -0.2) is 0 Å². The molecule has 0 aliphatic carbocycles. The third kappa shape index (κ3) is 2.00. The minimum absolute atomic E-state index is 0.0287. The van der Waals surface area contributed by atoms with Crippen LogP contribution in [-0.2, 0) is 11.3 Å². The van der Waals surface area contributed by atoms with Gasteiger partial charge in [0.15, 0.2) is 0 Å². The highest BCUT2D eigenvalue weighted by Crippen LogP contribution is 2.22. The number of nitrogens with zero attached hydrogens (tertiary/aromatic N) is 1. The lowest BCUT2D eigenvalue weighted by atomic mass is 10.2. The molecule has 1 heterocycles. The number of carboxylic acid groups (broad SMARTS) is 1. The first-order chi connectivity index (χ1) is 7.70. The van der Waals surface area contributed by atoms with E-state index in [1.54, 1.807) is 10.8 Å². The van der Waals surface area contributed by atoms with E-state index in [2.05, 4.69) is 0 Å². The van der Waals surface area contributed by atoms with Crippen molar-refractivity contribution < 1.29 is 14.6 Å². The Hall–Kier alpha value is -1.97. The van der Waals surface area contributed by atoms with Crippen LogP contribution in [0.3, 0.4) is 0 Å². The molecule has 1 N–H and O–H groups in total. The number of hydrogen-bond acceptors (Lipinski definition) is 2. The Balaban J connectivity index is 2.42. The summed E-state index contributed by atoms with van der Waals surface area (Å²) in [5.41, 5.74) is 0.883. The fraction of sp³-hybridized carbons (Fsp3) is 0.250. The van der Waals surface area contributed by atoms with Gasteiger partial charge in [0.05, 0.1) is 12.1 Å². The average Bonchev–Trinajstić information content (AvgIpc) is 2.61. The van der Waals surface area contributed by atoms with Crippen molar-refractivity contribution in [3.8, 4) is 5.75 Å². The molecule has 84 valence electrons. The lowest BCUT2D eigenvalue weighted by Crippen LogP contribution is -2.07. The lowest BCUT2D eigenvalue weighted by Gasteiger charge is -2.05. The van der Waals surface area contributed by atoms with E-state index in [1.165, 1.54) is 0 Å². The summed E-state index contributed by atoms with van der Waals surface area (Å²) in [5.74, 6) is -0.0837. The molecule has 0 spiro atoms. The predicted molar refractivity (Wildman–Crippen MR) is 60.7 cm³/mol. The first-order valence-corrected chi connectivity index (χ1v) is 5.14. The van der Waals surface area contributed by atoms with Gasteiger partial charge >= 0.3 is 5.97 Å². The van der Waals surface area contributed by atoms with Crippen LogP contribution < -0.4 is 4.74 Å². The number of carboxylic acids is 1. The monoisotopic (exact) mass is 219 g/mol. The van der Waals surface area contributed by atoms with Crippen molar-refractivity contribution in [2.75, 3.05) is 6.61 Å². The Kier molecular flexibility index (Phi) is 2.81. The van der Waals surface area contributed by atoms with Crippen LogP contribution in [0.15, 0.2) is 30.5 Å². The molecule has 1 aromatic heterocycles. The summed E-state index contributed by atoms with van der Waals surface area (Å²) in [7, 11) is 0. The maximum Gasteiger partial charge on any atom is 0.323 e. The van der Waals surface area contributed by atoms with Crippen LogP contribution in [-0.4, -0.2) is 22.2 Å². The minimum Gasteiger partial charge on any atom is -0.494 e. The number of benzene rings is 1. The molecule has 4 nitrogen and oxygen atoms in total. The molecule has 1 aromatic carbocycles. The first kappa shape index (κ1) is 10.5. The Morgan fingerprint density at radius 1 is 1.44 bits per heavy atom. The van der Waals surface area contributed by atoms with Crippen LogP contribution in [0.25, 0.3) is 10.9 Å². The van der Waals surface area contributed by atoms with Gasteiger partial charge < -0.3 is 14.4 Å². The number of aliphatic carboxylic acids is 1. The van der Waals surface area contributed by atoms with Crippen LogP contribution in [0.1, 0.15) is 6.92 Å². The van der Waals surface area contributed by atoms with Crippen molar-refractivity contribution in [1.82, 2.24) is 4.57 Å². The number of carbonyl (C=O) groups is 1. The molecule has 0 atom stereocenters. The van der Waals surface area contributed by atoms with Crippen LogP contribution in [0, 0.1) is 0 Å². The molecule has 2 aromatic rings. The summed E-state index contributed by atoms with van der Waals surface area (Å²) < 4.78 is 7.08. The van der Waals surface area contributed by atoms with Crippen molar-refractivity contribution in [3.63, 3.8) is 0 Å². The van der Waals surface area contributed by atoms with Gasteiger partial charge in [-0.3, -0.25) is 4.79 Å². The summed E-state index contributed by atoms with van der Waals surface area (Å²) in [6, 6.07) is 7.57. The highest BCUT2D eigenvalue weighted by atomic mass is 16.5. The molecular weight excluding hydrogens is 206 g/mol. The molecule has 0 aliphatic rings. The summed E-state index contributed by atoms with van der Waals surface area (Å²) >= 11 is 0. The molecule has 16 heavy (non-hydrogen) atoms. The third-order valence-corrected chi connectivity index (χ3v) is 2.36. The highest BCUT2D eigenvalue weighted by Gasteiger charge is 2.05. The minimum atomic E-state index is -0.848. The van der Waals surface area contributed by atoms with E-state index >= 15 is 0 Å². The van der Waals surface area contributed by atoms with Crippen LogP contribution in [0.5, 0.6) is 5.75 Å². The van der Waals surface area contributed by atoms with Crippen LogP contribution in [0.2, 0.25) is 0 Å². The van der Waals surface area contributed by atoms with Crippen LogP contribution >= 0.6 is 0 Å². The van der Waals surface area contributed by atoms with E-state index in [0.29, 0.717) is 6.61 Å². The summed E-state index contributed by atoms with van der Waals surface area (Å²) in [4.78, 5) is 10.7. The summed E-state index contributed by atoms with van der Waals surface area (Å²) in [6.45, 7) is 2.49. The van der Waals surface area contributed by atoms with Crippen molar-refractivity contribution >= 4 is 16.9 Å². The quantitative estimate of drug-likeness (QED) is 0.856. The third-order valence-electron chi connectivity index (χ3n) is 2.36. The van der Waals surface area contributed by atoms with Crippen molar-refractivity contribution in [3.05, 3.63) is 30.5 Å². The number of hydrogen-bond donors (Lipinski definition) is 1. The van der Waals surface area contributed by atoms with E-state index in [9.17, 15) is 4.79 Å². The van der Waals surface area contributed by atoms with E-state index < -0.39 is 5.97 Å². The molecule has 4 heteroatoms. The van der Waals surface area contributed by atoms with Gasteiger partial charge in [0.1, 0.15) is 12.3 Å². The zero-order valence-electron chi connectivity index (χ0n) is 9.01. The largest absolute Gasteiger partial charge is 0.494 e. The van der Waals surface area contributed by atoms with E-state index in [0.717, 1.165) is 16.7 Å². The van der Waals surface area contributed by atoms with Crippen LogP contribution in [0.4, 0.5) is 0 Å². The molecule has 0 saturated carbocycles. The smallest absolute Gasteiger partial charge is 0.323 e. The number of ether oxygens (including phenoxy) is 1. The zero-order chi connectivity index (χ0) is 11.5. The number of aromatic nitrogens is 1. The maximum atomic E-state index is 10.7. The summed E-state index contributed by atoms with van der Waals surface area (Å²) in [6.07, 6.45) is 1.77. The molecule has 2 rings (SSSR count). The van der Waals surface area contributed by atoms with Gasteiger partial charge in [-0.2, -0.15) is 0 Å². The van der Waals surface area contributed by atoms with Crippen molar-refractivity contribution in [2.45, 2.75) is 13.5 Å². The molecule has 0 bridgehead atoms. The molecule has 0 amide bonds. The fourth-order valence-electron chi connectivity index (χ4n) is 1.70. The van der Waals surface area contributed by atoms with E-state index in [-0.39, 0.29) is 6.54 Å². The standard InChI is InChI=1S/C12H13NO3/c1-2-16-10-4-3-9-5-6-13(8-12(14)15)11(9)7-10/h3-7H,2,8H2,1H3,(H,14,15). The topological polar surface area (TPSA) is 51.5 Å². The summed E-state index contributed by atoms with van der Waals surface area (Å²) in [5, 5.41) is 9.78. The Labute approximate surface area is 93.1 Å². The van der Waals surface area contributed by atoms with Gasteiger partial charge in [-0.1, -0.05) is 0 Å². The first-order valence-electron chi connectivity index (χ1n) is 5.14. The van der Waals surface area contributed by atoms with Crippen molar-refractivity contribution in [2.24, 2.45) is 0 Å². The Morgan fingerprint density at radius 2 is 2.25 bits per heavy atom. The van der Waals surface area contributed by atoms with E-state index in [4.69, 9.17) is 9.84 Å². The fourth-order valence-corrected chi connectivity index (χ4v) is 1.70. The highest BCUT2D eigenvalue weighted by molar-refractivity contribution is 5.83. The van der Waals surface area contributed by atoms with Gasteiger partial charge in [0.2, 0.25) is 0 Å². The Bertz CT molecular complexity index is 516. The molecule has 0 aliphatic heterocycles. The Morgan fingerprint density at radius 3 is 2.94 bits per heavy atom. The maximum absolute atomic E-state index is 10.7. The SMILES string of the molecule is CCOc1ccc2ccn(CC(=O)O)c2c1. The molecule has 0 radical (unpaired) electrons. The second-order valence-electron chi connectivity index (χ2n) is 3.49. The van der Waals surface area contributed by atoms with Gasteiger partial charge in [-0.05, 0) is 30.5 Å². The number of fused-ring (bicyclic) bond motifs is 1.